The fourth-order valence-corrected chi connectivity index (χ4v) is 2.02. The van der Waals surface area contributed by atoms with Gasteiger partial charge in [0.15, 0.2) is 0 Å². The maximum absolute atomic E-state index is 8.73. The molecule has 0 radical (unpaired) electrons. The molecule has 1 atom stereocenters. The Morgan fingerprint density at radius 1 is 1.27 bits per heavy atom. The van der Waals surface area contributed by atoms with Gasteiger partial charge in [-0.05, 0) is 36.8 Å². The zero-order chi connectivity index (χ0) is 10.5. The summed E-state index contributed by atoms with van der Waals surface area (Å²) >= 11 is 0. The van der Waals surface area contributed by atoms with Crippen LogP contribution in [-0.2, 0) is 11.2 Å². The van der Waals surface area contributed by atoms with Gasteiger partial charge >= 0.3 is 0 Å². The van der Waals surface area contributed by atoms with Crippen molar-refractivity contribution in [2.75, 3.05) is 13.2 Å². The molecule has 1 N–H and O–H groups in total. The Morgan fingerprint density at radius 2 is 2.07 bits per heavy atom. The van der Waals surface area contributed by atoms with Crippen molar-refractivity contribution in [2.45, 2.75) is 31.8 Å². The number of rotatable bonds is 4. The highest BCUT2D eigenvalue weighted by Gasteiger charge is 2.16. The molecule has 0 bridgehead atoms. The number of aliphatic hydroxyl groups is 1. The van der Waals surface area contributed by atoms with Crippen LogP contribution >= 0.6 is 0 Å². The van der Waals surface area contributed by atoms with Crippen LogP contribution in [0.3, 0.4) is 0 Å². The summed E-state index contributed by atoms with van der Waals surface area (Å²) in [5, 5.41) is 8.73. The van der Waals surface area contributed by atoms with Gasteiger partial charge in [-0.15, -0.1) is 0 Å². The summed E-state index contributed by atoms with van der Waals surface area (Å²) in [5.74, 6) is 0. The topological polar surface area (TPSA) is 29.5 Å². The fraction of sp³-hybridized carbons (Fsp3) is 0.538. The van der Waals surface area contributed by atoms with E-state index in [0.29, 0.717) is 6.10 Å². The summed E-state index contributed by atoms with van der Waals surface area (Å²) < 4.78 is 5.62. The van der Waals surface area contributed by atoms with Crippen molar-refractivity contribution < 1.29 is 9.84 Å². The molecule has 0 spiro atoms. The number of ether oxygens (including phenoxy) is 1. The van der Waals surface area contributed by atoms with Crippen molar-refractivity contribution in [2.24, 2.45) is 0 Å². The van der Waals surface area contributed by atoms with Crippen molar-refractivity contribution in [3.05, 3.63) is 35.4 Å². The van der Waals surface area contributed by atoms with E-state index in [9.17, 15) is 0 Å². The second-order valence-electron chi connectivity index (χ2n) is 4.07. The highest BCUT2D eigenvalue weighted by atomic mass is 16.5. The molecule has 1 heterocycles. The third kappa shape index (κ3) is 2.80. The first kappa shape index (κ1) is 10.7. The Hall–Kier alpha value is -0.860. The SMILES string of the molecule is OCCCc1ccc(C2CCCO2)cc1. The Bertz CT molecular complexity index is 286. The molecular weight excluding hydrogens is 188 g/mol. The van der Waals surface area contributed by atoms with Gasteiger partial charge in [0.05, 0.1) is 6.10 Å². The molecule has 82 valence electrons. The van der Waals surface area contributed by atoms with Gasteiger partial charge in [-0.25, -0.2) is 0 Å². The van der Waals surface area contributed by atoms with E-state index in [2.05, 4.69) is 24.3 Å². The number of hydrogen-bond acceptors (Lipinski definition) is 2. The van der Waals surface area contributed by atoms with Crippen LogP contribution in [0.5, 0.6) is 0 Å². The molecular formula is C13H18O2. The molecule has 1 fully saturated rings. The highest BCUT2D eigenvalue weighted by molar-refractivity contribution is 5.24. The van der Waals surface area contributed by atoms with Crippen LogP contribution in [0.2, 0.25) is 0 Å². The van der Waals surface area contributed by atoms with E-state index in [1.54, 1.807) is 0 Å². The molecule has 1 aliphatic rings. The summed E-state index contributed by atoms with van der Waals surface area (Å²) in [4.78, 5) is 0. The summed E-state index contributed by atoms with van der Waals surface area (Å²) in [5.41, 5.74) is 2.59. The Morgan fingerprint density at radius 3 is 2.67 bits per heavy atom. The van der Waals surface area contributed by atoms with E-state index in [1.807, 2.05) is 0 Å². The molecule has 1 aliphatic heterocycles. The molecule has 0 amide bonds. The summed E-state index contributed by atoms with van der Waals surface area (Å²) in [6.45, 7) is 1.17. The maximum atomic E-state index is 8.73. The monoisotopic (exact) mass is 206 g/mol. The third-order valence-corrected chi connectivity index (χ3v) is 2.90. The van der Waals surface area contributed by atoms with Crippen molar-refractivity contribution in [3.63, 3.8) is 0 Å². The van der Waals surface area contributed by atoms with E-state index in [4.69, 9.17) is 9.84 Å². The third-order valence-electron chi connectivity index (χ3n) is 2.90. The van der Waals surface area contributed by atoms with E-state index < -0.39 is 0 Å². The number of benzene rings is 1. The molecule has 15 heavy (non-hydrogen) atoms. The lowest BCUT2D eigenvalue weighted by Gasteiger charge is -2.10. The first-order valence-electron chi connectivity index (χ1n) is 5.71. The molecule has 0 aliphatic carbocycles. The van der Waals surface area contributed by atoms with Crippen LogP contribution in [0.25, 0.3) is 0 Å². The smallest absolute Gasteiger partial charge is 0.0825 e. The van der Waals surface area contributed by atoms with Gasteiger partial charge in [0.25, 0.3) is 0 Å². The number of hydrogen-bond donors (Lipinski definition) is 1. The Balaban J connectivity index is 1.96. The average molecular weight is 206 g/mol. The van der Waals surface area contributed by atoms with E-state index in [1.165, 1.54) is 17.5 Å². The van der Waals surface area contributed by atoms with Crippen LogP contribution < -0.4 is 0 Å². The molecule has 2 heteroatoms. The summed E-state index contributed by atoms with van der Waals surface area (Å²) in [6, 6.07) is 8.60. The van der Waals surface area contributed by atoms with Gasteiger partial charge in [0.1, 0.15) is 0 Å². The maximum Gasteiger partial charge on any atom is 0.0825 e. The zero-order valence-electron chi connectivity index (χ0n) is 8.98. The minimum Gasteiger partial charge on any atom is -0.396 e. The number of aryl methyl sites for hydroxylation is 1. The lowest BCUT2D eigenvalue weighted by atomic mass is 10.0. The highest BCUT2D eigenvalue weighted by Crippen LogP contribution is 2.28. The van der Waals surface area contributed by atoms with Gasteiger partial charge in [-0.3, -0.25) is 0 Å². The van der Waals surface area contributed by atoms with Crippen molar-refractivity contribution >= 4 is 0 Å². The molecule has 0 aromatic heterocycles. The lowest BCUT2D eigenvalue weighted by molar-refractivity contribution is 0.112. The second-order valence-corrected chi connectivity index (χ2v) is 4.07. The van der Waals surface area contributed by atoms with E-state index >= 15 is 0 Å². The predicted octanol–water partition coefficient (Wildman–Crippen LogP) is 2.46. The fourth-order valence-electron chi connectivity index (χ4n) is 2.02. The van der Waals surface area contributed by atoms with Gasteiger partial charge in [-0.2, -0.15) is 0 Å². The molecule has 1 aromatic carbocycles. The molecule has 1 saturated heterocycles. The van der Waals surface area contributed by atoms with Crippen LogP contribution in [0.1, 0.15) is 36.5 Å². The van der Waals surface area contributed by atoms with Crippen LogP contribution in [0, 0.1) is 0 Å². The molecule has 1 aromatic rings. The summed E-state index contributed by atoms with van der Waals surface area (Å²) in [6.07, 6.45) is 4.45. The molecule has 2 nitrogen and oxygen atoms in total. The van der Waals surface area contributed by atoms with Gasteiger partial charge < -0.3 is 9.84 Å². The largest absolute Gasteiger partial charge is 0.396 e. The van der Waals surface area contributed by atoms with Crippen molar-refractivity contribution in [3.8, 4) is 0 Å². The average Bonchev–Trinajstić information content (AvgIpc) is 2.80. The normalized spacial score (nSPS) is 20.7. The molecule has 1 unspecified atom stereocenters. The second kappa shape index (κ2) is 5.29. The van der Waals surface area contributed by atoms with E-state index in [-0.39, 0.29) is 6.61 Å². The Labute approximate surface area is 90.9 Å². The van der Waals surface area contributed by atoms with Crippen LogP contribution in [-0.4, -0.2) is 18.3 Å². The van der Waals surface area contributed by atoms with Crippen molar-refractivity contribution in [1.29, 1.82) is 0 Å². The van der Waals surface area contributed by atoms with Gasteiger partial charge in [-0.1, -0.05) is 24.3 Å². The van der Waals surface area contributed by atoms with Gasteiger partial charge in [0, 0.05) is 13.2 Å². The molecule has 2 rings (SSSR count). The van der Waals surface area contributed by atoms with Crippen LogP contribution in [0.4, 0.5) is 0 Å². The minimum absolute atomic E-state index is 0.271. The molecule has 0 saturated carbocycles. The van der Waals surface area contributed by atoms with Gasteiger partial charge in [0.2, 0.25) is 0 Å². The first-order chi connectivity index (χ1) is 7.40. The predicted molar refractivity (Wildman–Crippen MR) is 59.8 cm³/mol. The first-order valence-corrected chi connectivity index (χ1v) is 5.71. The Kier molecular flexibility index (Phi) is 3.75. The standard InChI is InChI=1S/C13H18O2/c14-9-1-3-11-5-7-12(8-6-11)13-4-2-10-15-13/h5-8,13-14H,1-4,9-10H2. The van der Waals surface area contributed by atoms with Crippen LogP contribution in [0.15, 0.2) is 24.3 Å². The summed E-state index contributed by atoms with van der Waals surface area (Å²) in [7, 11) is 0. The minimum atomic E-state index is 0.271. The van der Waals surface area contributed by atoms with Crippen molar-refractivity contribution in [1.82, 2.24) is 0 Å². The lowest BCUT2D eigenvalue weighted by Crippen LogP contribution is -1.96. The quantitative estimate of drug-likeness (QED) is 0.820. The van der Waals surface area contributed by atoms with E-state index in [0.717, 1.165) is 25.9 Å². The zero-order valence-corrected chi connectivity index (χ0v) is 8.98. The number of aliphatic hydroxyl groups excluding tert-OH is 1.